The van der Waals surface area contributed by atoms with Gasteiger partial charge in [-0.15, -0.1) is 0 Å². The van der Waals surface area contributed by atoms with Gasteiger partial charge in [0, 0.05) is 19.8 Å². The predicted molar refractivity (Wildman–Crippen MR) is 100.0 cm³/mol. The molecule has 4 nitrogen and oxygen atoms in total. The molecule has 25 heavy (non-hydrogen) atoms. The monoisotopic (exact) mass is 343 g/mol. The Morgan fingerprint density at radius 1 is 0.960 bits per heavy atom. The minimum absolute atomic E-state index is 0.317. The second-order valence-corrected chi connectivity index (χ2v) is 6.76. The largest absolute Gasteiger partial charge is 0.481 e. The molecule has 1 heterocycles. The number of benzene rings is 1. The van der Waals surface area contributed by atoms with Crippen LogP contribution in [0.2, 0.25) is 0 Å². The Balaban J connectivity index is 1.62. The Morgan fingerprint density at radius 3 is 2.20 bits per heavy atom. The third-order valence-corrected chi connectivity index (χ3v) is 4.66. The van der Waals surface area contributed by atoms with E-state index in [0.29, 0.717) is 6.42 Å². The summed E-state index contributed by atoms with van der Waals surface area (Å²) >= 11 is 0. The van der Waals surface area contributed by atoms with Crippen LogP contribution in [0.5, 0.6) is 0 Å². The molecule has 0 aliphatic rings. The highest BCUT2D eigenvalue weighted by molar-refractivity contribution is 5.66. The maximum absolute atomic E-state index is 10.4. The third kappa shape index (κ3) is 6.73. The van der Waals surface area contributed by atoms with E-state index in [1.807, 2.05) is 6.07 Å². The van der Waals surface area contributed by atoms with Crippen LogP contribution in [-0.2, 0) is 11.2 Å². The zero-order valence-corrected chi connectivity index (χ0v) is 15.3. The summed E-state index contributed by atoms with van der Waals surface area (Å²) < 4.78 is 2.31. The Kier molecular flexibility index (Phi) is 8.23. The summed E-state index contributed by atoms with van der Waals surface area (Å²) in [5, 5.41) is 8.60. The van der Waals surface area contributed by atoms with E-state index >= 15 is 0 Å². The van der Waals surface area contributed by atoms with Crippen molar-refractivity contribution in [2.45, 2.75) is 71.1 Å². The van der Waals surface area contributed by atoms with E-state index < -0.39 is 5.97 Å². The highest BCUT2D eigenvalue weighted by Gasteiger charge is 2.15. The van der Waals surface area contributed by atoms with Crippen molar-refractivity contribution in [2.24, 2.45) is 0 Å². The van der Waals surface area contributed by atoms with Gasteiger partial charge in [0.2, 0.25) is 0 Å². The lowest BCUT2D eigenvalue weighted by Gasteiger charge is -2.04. The predicted octanol–water partition coefficient (Wildman–Crippen LogP) is 4.74. The fourth-order valence-corrected chi connectivity index (χ4v) is 3.30. The molecule has 0 bridgehead atoms. The second kappa shape index (κ2) is 10.7. The molecule has 2 N–H and O–H groups in total. The SMILES string of the molecule is Cc1[nH]cc(CCCCCCCCCCC(=O)O)[n+]1-c1ccccc1. The molecule has 0 spiro atoms. The minimum Gasteiger partial charge on any atom is -0.481 e. The Labute approximate surface area is 150 Å². The van der Waals surface area contributed by atoms with Crippen molar-refractivity contribution < 1.29 is 14.5 Å². The number of carboxylic acids is 1. The van der Waals surface area contributed by atoms with Gasteiger partial charge in [0.05, 0.1) is 0 Å². The van der Waals surface area contributed by atoms with Gasteiger partial charge in [0.15, 0.2) is 0 Å². The van der Waals surface area contributed by atoms with Crippen LogP contribution in [0.15, 0.2) is 36.5 Å². The van der Waals surface area contributed by atoms with E-state index in [1.54, 1.807) is 0 Å². The number of nitrogens with zero attached hydrogens (tertiary/aromatic N) is 1. The number of para-hydroxylation sites is 1. The van der Waals surface area contributed by atoms with Gasteiger partial charge < -0.3 is 5.11 Å². The van der Waals surface area contributed by atoms with E-state index in [9.17, 15) is 4.79 Å². The summed E-state index contributed by atoms with van der Waals surface area (Å²) in [6.45, 7) is 2.11. The van der Waals surface area contributed by atoms with Crippen LogP contribution in [-0.4, -0.2) is 16.1 Å². The van der Waals surface area contributed by atoms with E-state index in [-0.39, 0.29) is 0 Å². The quantitative estimate of drug-likeness (QED) is 0.432. The standard InChI is InChI=1S/C21H30N2O2/c1-18-22-17-20(23(18)19-13-10-8-11-14-19)15-9-6-4-2-3-5-7-12-16-21(24)25/h8,10-11,13-14,17H,2-7,9,12,15-16H2,1H3,(H,24,25)/p+1. The van der Waals surface area contributed by atoms with Gasteiger partial charge >= 0.3 is 5.97 Å². The van der Waals surface area contributed by atoms with E-state index in [1.165, 1.54) is 49.3 Å². The number of aromatic amines is 1. The minimum atomic E-state index is -0.673. The average Bonchev–Trinajstić information content (AvgIpc) is 2.97. The van der Waals surface area contributed by atoms with Crippen molar-refractivity contribution in [3.05, 3.63) is 48.0 Å². The molecule has 1 aromatic heterocycles. The summed E-state index contributed by atoms with van der Waals surface area (Å²) in [5.41, 5.74) is 2.56. The number of aryl methyl sites for hydroxylation is 2. The molecular formula is C21H31N2O2+. The molecule has 0 unspecified atom stereocenters. The summed E-state index contributed by atoms with van der Waals surface area (Å²) in [7, 11) is 0. The zero-order chi connectivity index (χ0) is 17.9. The highest BCUT2D eigenvalue weighted by atomic mass is 16.4. The summed E-state index contributed by atoms with van der Waals surface area (Å²) in [6, 6.07) is 10.5. The number of rotatable bonds is 12. The third-order valence-electron chi connectivity index (χ3n) is 4.66. The molecule has 0 aliphatic carbocycles. The van der Waals surface area contributed by atoms with E-state index in [4.69, 9.17) is 5.11 Å². The van der Waals surface area contributed by atoms with Crippen LogP contribution in [0, 0.1) is 6.92 Å². The zero-order valence-electron chi connectivity index (χ0n) is 15.3. The molecule has 0 radical (unpaired) electrons. The Morgan fingerprint density at radius 2 is 1.56 bits per heavy atom. The number of H-pyrrole nitrogens is 1. The van der Waals surface area contributed by atoms with E-state index in [0.717, 1.165) is 25.7 Å². The average molecular weight is 343 g/mol. The van der Waals surface area contributed by atoms with Gasteiger partial charge in [-0.3, -0.25) is 4.79 Å². The molecule has 0 fully saturated rings. The topological polar surface area (TPSA) is 57.0 Å². The Bertz CT molecular complexity index is 635. The number of nitrogens with one attached hydrogen (secondary N) is 1. The molecule has 136 valence electrons. The number of carboxylic acid groups (broad SMARTS) is 1. The normalized spacial score (nSPS) is 10.9. The smallest absolute Gasteiger partial charge is 0.303 e. The molecular weight excluding hydrogens is 312 g/mol. The van der Waals surface area contributed by atoms with Crippen LogP contribution in [0.3, 0.4) is 0 Å². The first-order valence-corrected chi connectivity index (χ1v) is 9.54. The van der Waals surface area contributed by atoms with Crippen molar-refractivity contribution in [2.75, 3.05) is 0 Å². The van der Waals surface area contributed by atoms with Gasteiger partial charge in [-0.1, -0.05) is 56.7 Å². The first-order valence-electron chi connectivity index (χ1n) is 9.54. The van der Waals surface area contributed by atoms with Crippen LogP contribution >= 0.6 is 0 Å². The molecule has 0 saturated carbocycles. The van der Waals surface area contributed by atoms with E-state index in [2.05, 4.69) is 46.9 Å². The number of hydrogen-bond donors (Lipinski definition) is 2. The Hall–Kier alpha value is -2.10. The summed E-state index contributed by atoms with van der Waals surface area (Å²) in [6.07, 6.45) is 12.8. The number of carbonyl (C=O) groups is 1. The van der Waals surface area contributed by atoms with Gasteiger partial charge in [-0.05, 0) is 25.0 Å². The lowest BCUT2D eigenvalue weighted by molar-refractivity contribution is -0.609. The number of aromatic nitrogens is 2. The van der Waals surface area contributed by atoms with Crippen molar-refractivity contribution in [1.82, 2.24) is 4.98 Å². The van der Waals surface area contributed by atoms with Crippen molar-refractivity contribution in [3.63, 3.8) is 0 Å². The lowest BCUT2D eigenvalue weighted by Crippen LogP contribution is -2.36. The maximum Gasteiger partial charge on any atom is 0.303 e. The maximum atomic E-state index is 10.4. The molecule has 0 amide bonds. The van der Waals surface area contributed by atoms with Gasteiger partial charge in [-0.2, -0.15) is 4.57 Å². The summed E-state index contributed by atoms with van der Waals surface area (Å²) in [4.78, 5) is 13.8. The lowest BCUT2D eigenvalue weighted by atomic mass is 10.1. The van der Waals surface area contributed by atoms with Gasteiger partial charge in [0.1, 0.15) is 17.6 Å². The molecule has 0 atom stereocenters. The number of imidazole rings is 1. The van der Waals surface area contributed by atoms with Crippen LogP contribution in [0.1, 0.15) is 69.3 Å². The molecule has 2 rings (SSSR count). The van der Waals surface area contributed by atoms with Crippen molar-refractivity contribution in [1.29, 1.82) is 0 Å². The fourth-order valence-electron chi connectivity index (χ4n) is 3.30. The van der Waals surface area contributed by atoms with Gasteiger partial charge in [0.25, 0.3) is 5.82 Å². The van der Waals surface area contributed by atoms with Crippen LogP contribution in [0.4, 0.5) is 0 Å². The molecule has 4 heteroatoms. The van der Waals surface area contributed by atoms with Gasteiger partial charge in [-0.25, -0.2) is 4.98 Å². The van der Waals surface area contributed by atoms with Crippen LogP contribution < -0.4 is 4.57 Å². The highest BCUT2D eigenvalue weighted by Crippen LogP contribution is 2.12. The number of unbranched alkanes of at least 4 members (excludes halogenated alkanes) is 7. The molecule has 0 aliphatic heterocycles. The second-order valence-electron chi connectivity index (χ2n) is 6.76. The fraction of sp³-hybridized carbons (Fsp3) is 0.524. The van der Waals surface area contributed by atoms with Crippen molar-refractivity contribution in [3.8, 4) is 5.69 Å². The first-order chi connectivity index (χ1) is 12.2. The van der Waals surface area contributed by atoms with Crippen molar-refractivity contribution >= 4 is 5.97 Å². The summed E-state index contributed by atoms with van der Waals surface area (Å²) in [5.74, 6) is 0.496. The van der Waals surface area contributed by atoms with Crippen LogP contribution in [0.25, 0.3) is 5.69 Å². The number of hydrogen-bond acceptors (Lipinski definition) is 1. The molecule has 1 aromatic carbocycles. The molecule has 0 saturated heterocycles. The number of aliphatic carboxylic acids is 1. The molecule has 2 aromatic rings. The first kappa shape index (κ1) is 19.2.